The summed E-state index contributed by atoms with van der Waals surface area (Å²) in [6.07, 6.45) is 2.82. The van der Waals surface area contributed by atoms with E-state index in [4.69, 9.17) is 9.15 Å². The zero-order valence-electron chi connectivity index (χ0n) is 18.3. The van der Waals surface area contributed by atoms with Crippen LogP contribution in [0.2, 0.25) is 0 Å². The fourth-order valence-electron chi connectivity index (χ4n) is 4.50. The van der Waals surface area contributed by atoms with Gasteiger partial charge in [0.15, 0.2) is 5.76 Å². The van der Waals surface area contributed by atoms with E-state index in [1.54, 1.807) is 24.1 Å². The van der Waals surface area contributed by atoms with Crippen LogP contribution in [0, 0.1) is 17.2 Å². The van der Waals surface area contributed by atoms with Gasteiger partial charge in [-0.05, 0) is 42.7 Å². The number of benzene rings is 1. The van der Waals surface area contributed by atoms with E-state index in [-0.39, 0.29) is 23.8 Å². The quantitative estimate of drug-likeness (QED) is 0.716. The number of hydrogen-bond donors (Lipinski definition) is 0. The number of piperidine rings is 1. The van der Waals surface area contributed by atoms with Gasteiger partial charge in [-0.15, -0.1) is 0 Å². The molecule has 2 saturated heterocycles. The molecule has 1 aromatic carbocycles. The van der Waals surface area contributed by atoms with Gasteiger partial charge in [-0.1, -0.05) is 12.1 Å². The zero-order chi connectivity index (χ0) is 22.5. The van der Waals surface area contributed by atoms with Crippen LogP contribution >= 0.6 is 0 Å². The Labute approximate surface area is 187 Å². The van der Waals surface area contributed by atoms with Crippen LogP contribution in [0.5, 0.6) is 5.75 Å². The third-order valence-electron chi connectivity index (χ3n) is 6.41. The summed E-state index contributed by atoms with van der Waals surface area (Å²) in [5, 5.41) is 9.73. The van der Waals surface area contributed by atoms with Crippen LogP contribution in [0.15, 0.2) is 47.1 Å². The molecule has 0 radical (unpaired) electrons. The maximum Gasteiger partial charge on any atom is 0.289 e. The topological polar surface area (TPSA) is 90.0 Å². The summed E-state index contributed by atoms with van der Waals surface area (Å²) in [7, 11) is 1.62. The average molecular weight is 437 g/mol. The number of carbonyl (C=O) groups is 2. The molecule has 0 N–H and O–H groups in total. The van der Waals surface area contributed by atoms with E-state index in [2.05, 4.69) is 11.0 Å². The van der Waals surface area contributed by atoms with E-state index in [9.17, 15) is 14.9 Å². The highest BCUT2D eigenvalue weighted by atomic mass is 16.5. The molecule has 0 bridgehead atoms. The van der Waals surface area contributed by atoms with Gasteiger partial charge in [-0.25, -0.2) is 0 Å². The molecule has 2 aliphatic heterocycles. The first-order valence-electron chi connectivity index (χ1n) is 11.0. The fraction of sp³-hybridized carbons (Fsp3) is 0.458. The van der Waals surface area contributed by atoms with Gasteiger partial charge in [0.1, 0.15) is 11.8 Å². The first-order chi connectivity index (χ1) is 15.6. The van der Waals surface area contributed by atoms with Crippen molar-refractivity contribution in [2.75, 3.05) is 46.4 Å². The molecule has 2 amide bonds. The molecule has 0 spiro atoms. The largest absolute Gasteiger partial charge is 0.497 e. The zero-order valence-corrected chi connectivity index (χ0v) is 18.3. The standard InChI is InChI=1S/C24H28N4O4/c1-31-20-6-4-18(5-7-20)21(17-25)26-12-14-28(15-13-26)23(29)19-8-10-27(11-9-19)24(30)22-3-2-16-32-22/h2-7,16,19,21H,8-15H2,1H3. The van der Waals surface area contributed by atoms with Gasteiger partial charge in [0, 0.05) is 45.2 Å². The van der Waals surface area contributed by atoms with Crippen molar-refractivity contribution in [3.8, 4) is 11.8 Å². The van der Waals surface area contributed by atoms with E-state index < -0.39 is 0 Å². The first kappa shape index (κ1) is 21.9. The van der Waals surface area contributed by atoms with Gasteiger partial charge < -0.3 is 19.0 Å². The summed E-state index contributed by atoms with van der Waals surface area (Å²) < 4.78 is 10.4. The van der Waals surface area contributed by atoms with Crippen molar-refractivity contribution in [2.45, 2.75) is 18.9 Å². The lowest BCUT2D eigenvalue weighted by atomic mass is 9.94. The van der Waals surface area contributed by atoms with Gasteiger partial charge in [-0.2, -0.15) is 5.26 Å². The number of methoxy groups -OCH3 is 1. The number of ether oxygens (including phenoxy) is 1. The molecule has 1 unspecified atom stereocenters. The van der Waals surface area contributed by atoms with Gasteiger partial charge in [0.2, 0.25) is 5.91 Å². The number of nitriles is 1. The lowest BCUT2D eigenvalue weighted by molar-refractivity contribution is -0.138. The van der Waals surface area contributed by atoms with Crippen molar-refractivity contribution in [2.24, 2.45) is 5.92 Å². The Morgan fingerprint density at radius 1 is 1.03 bits per heavy atom. The number of piperazine rings is 1. The van der Waals surface area contributed by atoms with Gasteiger partial charge in [-0.3, -0.25) is 14.5 Å². The Morgan fingerprint density at radius 2 is 1.72 bits per heavy atom. The molecule has 1 aromatic heterocycles. The summed E-state index contributed by atoms with van der Waals surface area (Å²) in [6.45, 7) is 3.66. The Morgan fingerprint density at radius 3 is 2.28 bits per heavy atom. The predicted octanol–water partition coefficient (Wildman–Crippen LogP) is 2.55. The number of amides is 2. The summed E-state index contributed by atoms with van der Waals surface area (Å²) in [5.74, 6) is 1.09. The minimum atomic E-state index is -0.339. The summed E-state index contributed by atoms with van der Waals surface area (Å²) in [5.41, 5.74) is 0.932. The highest BCUT2D eigenvalue weighted by Crippen LogP contribution is 2.26. The summed E-state index contributed by atoms with van der Waals surface area (Å²) >= 11 is 0. The van der Waals surface area contributed by atoms with E-state index in [1.165, 1.54) is 6.26 Å². The number of carbonyl (C=O) groups excluding carboxylic acids is 2. The van der Waals surface area contributed by atoms with Crippen LogP contribution in [0.3, 0.4) is 0 Å². The van der Waals surface area contributed by atoms with Crippen molar-refractivity contribution in [3.05, 3.63) is 54.0 Å². The van der Waals surface area contributed by atoms with Crippen LogP contribution in [0.25, 0.3) is 0 Å². The molecule has 8 heteroatoms. The van der Waals surface area contributed by atoms with E-state index in [0.29, 0.717) is 57.9 Å². The Bertz CT molecular complexity index is 951. The third kappa shape index (κ3) is 4.63. The van der Waals surface area contributed by atoms with Gasteiger partial charge in [0.05, 0.1) is 19.4 Å². The summed E-state index contributed by atoms with van der Waals surface area (Å²) in [4.78, 5) is 31.3. The molecule has 4 rings (SSSR count). The van der Waals surface area contributed by atoms with Crippen molar-refractivity contribution < 1.29 is 18.7 Å². The maximum atomic E-state index is 13.1. The molecule has 0 aliphatic carbocycles. The molecule has 2 fully saturated rings. The number of nitrogens with zero attached hydrogens (tertiary/aromatic N) is 4. The first-order valence-corrected chi connectivity index (χ1v) is 11.0. The van der Waals surface area contributed by atoms with Crippen LogP contribution < -0.4 is 4.74 Å². The molecule has 2 aromatic rings. The van der Waals surface area contributed by atoms with Crippen LogP contribution in [0.1, 0.15) is 35.0 Å². The Hall–Kier alpha value is -3.31. The molecule has 32 heavy (non-hydrogen) atoms. The van der Waals surface area contributed by atoms with Gasteiger partial charge in [0.25, 0.3) is 5.91 Å². The number of likely N-dealkylation sites (tertiary alicyclic amines) is 1. The van der Waals surface area contributed by atoms with Crippen molar-refractivity contribution in [1.82, 2.24) is 14.7 Å². The lowest BCUT2D eigenvalue weighted by Gasteiger charge is -2.39. The molecule has 2 aliphatic rings. The number of furan rings is 1. The highest BCUT2D eigenvalue weighted by molar-refractivity contribution is 5.91. The lowest BCUT2D eigenvalue weighted by Crippen LogP contribution is -2.52. The third-order valence-corrected chi connectivity index (χ3v) is 6.41. The smallest absolute Gasteiger partial charge is 0.289 e. The van der Waals surface area contributed by atoms with Crippen molar-refractivity contribution in [1.29, 1.82) is 5.26 Å². The second-order valence-electron chi connectivity index (χ2n) is 8.21. The Kier molecular flexibility index (Phi) is 6.76. The number of rotatable bonds is 5. The SMILES string of the molecule is COc1ccc(C(C#N)N2CCN(C(=O)C3CCN(C(=O)c4ccco4)CC3)CC2)cc1. The minimum absolute atomic E-state index is 0.0597. The molecule has 3 heterocycles. The number of hydrogen-bond acceptors (Lipinski definition) is 6. The van der Waals surface area contributed by atoms with E-state index >= 15 is 0 Å². The van der Waals surface area contributed by atoms with E-state index in [0.717, 1.165) is 11.3 Å². The Balaban J connectivity index is 1.28. The minimum Gasteiger partial charge on any atom is -0.497 e. The second kappa shape index (κ2) is 9.88. The van der Waals surface area contributed by atoms with Crippen molar-refractivity contribution >= 4 is 11.8 Å². The molecule has 8 nitrogen and oxygen atoms in total. The maximum absolute atomic E-state index is 13.1. The predicted molar refractivity (Wildman–Crippen MR) is 117 cm³/mol. The fourth-order valence-corrected chi connectivity index (χ4v) is 4.50. The molecule has 0 saturated carbocycles. The second-order valence-corrected chi connectivity index (χ2v) is 8.21. The summed E-state index contributed by atoms with van der Waals surface area (Å²) in [6, 6.07) is 13.0. The van der Waals surface area contributed by atoms with Crippen LogP contribution in [0.4, 0.5) is 0 Å². The van der Waals surface area contributed by atoms with E-state index in [1.807, 2.05) is 29.2 Å². The monoisotopic (exact) mass is 436 g/mol. The average Bonchev–Trinajstić information content (AvgIpc) is 3.40. The van der Waals surface area contributed by atoms with Crippen LogP contribution in [-0.2, 0) is 4.79 Å². The van der Waals surface area contributed by atoms with Crippen LogP contribution in [-0.4, -0.2) is 72.9 Å². The van der Waals surface area contributed by atoms with Gasteiger partial charge >= 0.3 is 0 Å². The molecule has 168 valence electrons. The molecule has 1 atom stereocenters. The highest BCUT2D eigenvalue weighted by Gasteiger charge is 2.33. The molecular formula is C24H28N4O4. The molecular weight excluding hydrogens is 408 g/mol. The van der Waals surface area contributed by atoms with Crippen molar-refractivity contribution in [3.63, 3.8) is 0 Å². The normalized spacial score (nSPS) is 18.8.